The predicted octanol–water partition coefficient (Wildman–Crippen LogP) is 5.18. The highest BCUT2D eigenvalue weighted by Crippen LogP contribution is 2.28. The Morgan fingerprint density at radius 2 is 1.97 bits per heavy atom. The molecule has 2 heterocycles. The summed E-state index contributed by atoms with van der Waals surface area (Å²) < 4.78 is 12.9. The van der Waals surface area contributed by atoms with Crippen molar-refractivity contribution in [2.24, 2.45) is 0 Å². The summed E-state index contributed by atoms with van der Waals surface area (Å²) in [6, 6.07) is 17.6. The van der Waals surface area contributed by atoms with Crippen LogP contribution in [0.25, 0.3) is 11.4 Å². The van der Waals surface area contributed by atoms with E-state index < -0.39 is 0 Å². The Labute approximate surface area is 203 Å². The second kappa shape index (κ2) is 10.6. The second-order valence-corrected chi connectivity index (χ2v) is 9.07. The summed E-state index contributed by atoms with van der Waals surface area (Å²) in [5, 5.41) is 12.5. The molecule has 7 nitrogen and oxygen atoms in total. The van der Waals surface area contributed by atoms with Crippen molar-refractivity contribution in [1.29, 1.82) is 0 Å². The summed E-state index contributed by atoms with van der Waals surface area (Å²) in [6.45, 7) is 6.61. The van der Waals surface area contributed by atoms with Gasteiger partial charge in [-0.05, 0) is 61.7 Å². The van der Waals surface area contributed by atoms with Gasteiger partial charge in [-0.25, -0.2) is 0 Å². The standard InChI is InChI=1S/C26H28N4O3S/c1-17-10-11-20(13-18(17)2)19(3)27-24(31)16-34-26-29-28-25(21-7-5-8-22(14-21)32-4)30(26)15-23-9-6-12-33-23/h5-14,19H,15-16H2,1-4H3,(H,27,31)/t19-/m1/s1. The zero-order valence-electron chi connectivity index (χ0n) is 19.7. The van der Waals surface area contributed by atoms with Crippen molar-refractivity contribution in [1.82, 2.24) is 20.1 Å². The van der Waals surface area contributed by atoms with Crippen molar-refractivity contribution in [3.8, 4) is 17.1 Å². The molecule has 2 aromatic carbocycles. The van der Waals surface area contributed by atoms with Crippen molar-refractivity contribution in [3.63, 3.8) is 0 Å². The fraction of sp³-hybridized carbons (Fsp3) is 0.269. The van der Waals surface area contributed by atoms with Crippen LogP contribution in [0.4, 0.5) is 0 Å². The van der Waals surface area contributed by atoms with Crippen LogP contribution in [0.15, 0.2) is 70.4 Å². The molecular weight excluding hydrogens is 448 g/mol. The molecule has 0 saturated carbocycles. The van der Waals surface area contributed by atoms with Crippen LogP contribution < -0.4 is 10.1 Å². The van der Waals surface area contributed by atoms with E-state index in [1.54, 1.807) is 13.4 Å². The van der Waals surface area contributed by atoms with Crippen LogP contribution in [0.2, 0.25) is 0 Å². The van der Waals surface area contributed by atoms with E-state index in [-0.39, 0.29) is 17.7 Å². The van der Waals surface area contributed by atoms with Crippen LogP contribution in [0.1, 0.15) is 35.4 Å². The van der Waals surface area contributed by atoms with E-state index in [2.05, 4.69) is 47.6 Å². The van der Waals surface area contributed by atoms with Gasteiger partial charge in [0.05, 0.1) is 31.7 Å². The number of furan rings is 1. The molecule has 0 aliphatic rings. The lowest BCUT2D eigenvalue weighted by atomic mass is 10.0. The second-order valence-electron chi connectivity index (χ2n) is 8.13. The van der Waals surface area contributed by atoms with Gasteiger partial charge in [-0.3, -0.25) is 9.36 Å². The third-order valence-electron chi connectivity index (χ3n) is 5.68. The molecule has 0 radical (unpaired) electrons. The maximum absolute atomic E-state index is 12.7. The Kier molecular flexibility index (Phi) is 7.37. The Morgan fingerprint density at radius 3 is 2.71 bits per heavy atom. The van der Waals surface area contributed by atoms with Gasteiger partial charge in [0, 0.05) is 5.56 Å². The van der Waals surface area contributed by atoms with Crippen LogP contribution in [0.3, 0.4) is 0 Å². The van der Waals surface area contributed by atoms with E-state index in [9.17, 15) is 4.79 Å². The number of amides is 1. The molecule has 1 atom stereocenters. The van der Waals surface area contributed by atoms with Crippen LogP contribution in [0.5, 0.6) is 5.75 Å². The third-order valence-corrected chi connectivity index (χ3v) is 6.65. The molecule has 1 amide bonds. The molecule has 4 rings (SSSR count). The molecule has 0 bridgehead atoms. The minimum Gasteiger partial charge on any atom is -0.497 e. The van der Waals surface area contributed by atoms with Gasteiger partial charge in [-0.1, -0.05) is 42.1 Å². The summed E-state index contributed by atoms with van der Waals surface area (Å²) in [5.74, 6) is 2.36. The minimum atomic E-state index is -0.0827. The summed E-state index contributed by atoms with van der Waals surface area (Å²) in [7, 11) is 1.63. The maximum atomic E-state index is 12.7. The number of aryl methyl sites for hydroxylation is 2. The Hall–Kier alpha value is -3.52. The molecule has 0 unspecified atom stereocenters. The molecule has 1 N–H and O–H groups in total. The van der Waals surface area contributed by atoms with E-state index in [0.717, 1.165) is 22.6 Å². The summed E-state index contributed by atoms with van der Waals surface area (Å²) in [5.41, 5.74) is 4.41. The number of nitrogens with one attached hydrogen (secondary N) is 1. The number of thioether (sulfide) groups is 1. The first-order valence-electron chi connectivity index (χ1n) is 11.0. The lowest BCUT2D eigenvalue weighted by molar-refractivity contribution is -0.119. The number of nitrogens with zero attached hydrogens (tertiary/aromatic N) is 3. The number of hydrogen-bond donors (Lipinski definition) is 1. The van der Waals surface area contributed by atoms with Gasteiger partial charge in [0.1, 0.15) is 11.5 Å². The van der Waals surface area contributed by atoms with E-state index in [1.807, 2.05) is 47.9 Å². The largest absolute Gasteiger partial charge is 0.497 e. The summed E-state index contributed by atoms with van der Waals surface area (Å²) >= 11 is 1.35. The van der Waals surface area contributed by atoms with Crippen molar-refractivity contribution >= 4 is 17.7 Å². The van der Waals surface area contributed by atoms with E-state index >= 15 is 0 Å². The molecule has 0 saturated heterocycles. The molecule has 176 valence electrons. The Balaban J connectivity index is 1.50. The van der Waals surface area contributed by atoms with Crippen molar-refractivity contribution in [2.45, 2.75) is 38.5 Å². The van der Waals surface area contributed by atoms with Gasteiger partial charge in [0.2, 0.25) is 5.91 Å². The summed E-state index contributed by atoms with van der Waals surface area (Å²) in [6.07, 6.45) is 1.64. The number of rotatable bonds is 9. The average Bonchev–Trinajstić information content (AvgIpc) is 3.50. The number of carbonyl (C=O) groups is 1. The molecule has 0 fully saturated rings. The molecule has 0 spiro atoms. The number of carbonyl (C=O) groups excluding carboxylic acids is 1. The summed E-state index contributed by atoms with van der Waals surface area (Å²) in [4.78, 5) is 12.7. The molecule has 4 aromatic rings. The van der Waals surface area contributed by atoms with Gasteiger partial charge in [-0.15, -0.1) is 10.2 Å². The normalized spacial score (nSPS) is 11.9. The van der Waals surface area contributed by atoms with E-state index in [0.29, 0.717) is 17.5 Å². The predicted molar refractivity (Wildman–Crippen MR) is 133 cm³/mol. The topological polar surface area (TPSA) is 82.2 Å². The molecule has 0 aliphatic carbocycles. The molecule has 8 heteroatoms. The highest BCUT2D eigenvalue weighted by molar-refractivity contribution is 7.99. The van der Waals surface area contributed by atoms with Crippen LogP contribution in [-0.2, 0) is 11.3 Å². The number of hydrogen-bond acceptors (Lipinski definition) is 6. The lowest BCUT2D eigenvalue weighted by Gasteiger charge is -2.16. The van der Waals surface area contributed by atoms with Crippen LogP contribution in [-0.4, -0.2) is 33.5 Å². The van der Waals surface area contributed by atoms with Crippen molar-refractivity contribution in [3.05, 3.63) is 83.3 Å². The smallest absolute Gasteiger partial charge is 0.230 e. The van der Waals surface area contributed by atoms with Crippen molar-refractivity contribution < 1.29 is 13.9 Å². The quantitative estimate of drug-likeness (QED) is 0.335. The van der Waals surface area contributed by atoms with Gasteiger partial charge in [0.15, 0.2) is 11.0 Å². The monoisotopic (exact) mass is 476 g/mol. The first-order chi connectivity index (χ1) is 16.4. The van der Waals surface area contributed by atoms with Crippen molar-refractivity contribution in [2.75, 3.05) is 12.9 Å². The SMILES string of the molecule is COc1cccc(-c2nnc(SCC(=O)N[C@H](C)c3ccc(C)c(C)c3)n2Cc2ccco2)c1. The van der Waals surface area contributed by atoms with E-state index in [1.165, 1.54) is 22.9 Å². The number of ether oxygens (including phenoxy) is 1. The maximum Gasteiger partial charge on any atom is 0.230 e. The van der Waals surface area contributed by atoms with Gasteiger partial charge < -0.3 is 14.5 Å². The lowest BCUT2D eigenvalue weighted by Crippen LogP contribution is -2.28. The molecule has 2 aromatic heterocycles. The fourth-order valence-corrected chi connectivity index (χ4v) is 4.35. The van der Waals surface area contributed by atoms with Gasteiger partial charge in [-0.2, -0.15) is 0 Å². The third kappa shape index (κ3) is 5.51. The highest BCUT2D eigenvalue weighted by atomic mass is 32.2. The number of methoxy groups -OCH3 is 1. The molecule has 0 aliphatic heterocycles. The minimum absolute atomic E-state index is 0.0637. The van der Waals surface area contributed by atoms with Crippen LogP contribution >= 0.6 is 11.8 Å². The van der Waals surface area contributed by atoms with E-state index in [4.69, 9.17) is 9.15 Å². The highest BCUT2D eigenvalue weighted by Gasteiger charge is 2.18. The zero-order valence-corrected chi connectivity index (χ0v) is 20.6. The first kappa shape index (κ1) is 23.6. The molecule has 34 heavy (non-hydrogen) atoms. The fourth-order valence-electron chi connectivity index (χ4n) is 3.60. The number of benzene rings is 2. The van der Waals surface area contributed by atoms with Gasteiger partial charge >= 0.3 is 0 Å². The van der Waals surface area contributed by atoms with Gasteiger partial charge in [0.25, 0.3) is 0 Å². The Morgan fingerprint density at radius 1 is 1.12 bits per heavy atom. The first-order valence-corrected chi connectivity index (χ1v) is 12.0. The molecular formula is C26H28N4O3S. The zero-order chi connectivity index (χ0) is 24.1. The van der Waals surface area contributed by atoms with Crippen LogP contribution in [0, 0.1) is 13.8 Å². The number of aromatic nitrogens is 3. The average molecular weight is 477 g/mol. The Bertz CT molecular complexity index is 1270.